The summed E-state index contributed by atoms with van der Waals surface area (Å²) in [4.78, 5) is 26.3. The van der Waals surface area contributed by atoms with Crippen LogP contribution in [0.1, 0.15) is 44.9 Å². The maximum atomic E-state index is 12.7. The summed E-state index contributed by atoms with van der Waals surface area (Å²) < 4.78 is 11.3. The number of carbonyl (C=O) groups is 1. The van der Waals surface area contributed by atoms with E-state index in [2.05, 4.69) is 15.0 Å². The maximum absolute atomic E-state index is 12.7. The zero-order chi connectivity index (χ0) is 18.7. The first-order chi connectivity index (χ1) is 12.5. The second-order valence-corrected chi connectivity index (χ2v) is 6.43. The minimum Gasteiger partial charge on any atom is -0.475 e. The van der Waals surface area contributed by atoms with Crippen LogP contribution in [0.5, 0.6) is 5.88 Å². The third-order valence-corrected chi connectivity index (χ3v) is 4.22. The van der Waals surface area contributed by atoms with Crippen molar-refractivity contribution in [3.05, 3.63) is 47.9 Å². The molecule has 0 spiro atoms. The third-order valence-electron chi connectivity index (χ3n) is 4.22. The molecule has 0 saturated carbocycles. The molecule has 1 aliphatic heterocycles. The van der Waals surface area contributed by atoms with Crippen LogP contribution in [0.15, 0.2) is 41.7 Å². The fourth-order valence-electron chi connectivity index (χ4n) is 3.24. The minimum absolute atomic E-state index is 0.0496. The van der Waals surface area contributed by atoms with Crippen LogP contribution in [0.25, 0.3) is 0 Å². The fraction of sp³-hybridized carbons (Fsp3) is 0.400. The number of nitrogens with zero attached hydrogens (tertiary/aromatic N) is 3. The van der Waals surface area contributed by atoms with Gasteiger partial charge < -0.3 is 9.47 Å². The molecule has 0 fully saturated rings. The zero-order valence-corrected chi connectivity index (χ0v) is 15.5. The molecule has 0 aromatic carbocycles. The van der Waals surface area contributed by atoms with Crippen molar-refractivity contribution in [2.24, 2.45) is 10.9 Å². The molecular formula is C20H23N3O3. The highest BCUT2D eigenvalue weighted by Gasteiger charge is 2.41. The topological polar surface area (TPSA) is 73.7 Å². The number of hydrogen-bond donors (Lipinski definition) is 0. The summed E-state index contributed by atoms with van der Waals surface area (Å²) in [6, 6.07) is 7.50. The van der Waals surface area contributed by atoms with E-state index in [1.54, 1.807) is 19.3 Å². The third kappa shape index (κ3) is 3.45. The Labute approximate surface area is 153 Å². The van der Waals surface area contributed by atoms with Crippen LogP contribution in [-0.2, 0) is 9.53 Å². The van der Waals surface area contributed by atoms with Gasteiger partial charge in [0.15, 0.2) is 0 Å². The van der Waals surface area contributed by atoms with Crippen molar-refractivity contribution in [3.8, 4) is 5.88 Å². The minimum atomic E-state index is -0.559. The summed E-state index contributed by atoms with van der Waals surface area (Å²) in [5.41, 5.74) is 3.00. The van der Waals surface area contributed by atoms with E-state index in [4.69, 9.17) is 9.47 Å². The Morgan fingerprint density at radius 1 is 1.19 bits per heavy atom. The van der Waals surface area contributed by atoms with Gasteiger partial charge in [-0.05, 0) is 45.9 Å². The lowest BCUT2D eigenvalue weighted by molar-refractivity contribution is -0.146. The number of esters is 1. The van der Waals surface area contributed by atoms with Crippen molar-refractivity contribution in [2.45, 2.75) is 39.7 Å². The average molecular weight is 353 g/mol. The molecule has 26 heavy (non-hydrogen) atoms. The van der Waals surface area contributed by atoms with Crippen LogP contribution in [-0.4, -0.2) is 34.4 Å². The quantitative estimate of drug-likeness (QED) is 0.767. The van der Waals surface area contributed by atoms with Crippen LogP contribution in [0.3, 0.4) is 0 Å². The normalized spacial score (nSPS) is 18.9. The van der Waals surface area contributed by atoms with E-state index in [0.717, 1.165) is 16.9 Å². The Bertz CT molecular complexity index is 818. The molecule has 136 valence electrons. The molecule has 0 bridgehead atoms. The number of hydrogen-bond acceptors (Lipinski definition) is 6. The zero-order valence-electron chi connectivity index (χ0n) is 15.5. The van der Waals surface area contributed by atoms with Gasteiger partial charge in [0.05, 0.1) is 29.9 Å². The molecule has 6 nitrogen and oxygen atoms in total. The molecule has 0 amide bonds. The number of ether oxygens (including phenoxy) is 2. The molecule has 0 aliphatic carbocycles. The van der Waals surface area contributed by atoms with Crippen molar-refractivity contribution < 1.29 is 14.3 Å². The molecule has 2 atom stereocenters. The second-order valence-electron chi connectivity index (χ2n) is 6.43. The van der Waals surface area contributed by atoms with E-state index < -0.39 is 5.92 Å². The van der Waals surface area contributed by atoms with E-state index >= 15 is 0 Å². The second kappa shape index (κ2) is 7.64. The summed E-state index contributed by atoms with van der Waals surface area (Å²) >= 11 is 0. The van der Waals surface area contributed by atoms with Gasteiger partial charge in [0.25, 0.3) is 0 Å². The number of rotatable bonds is 5. The first kappa shape index (κ1) is 18.0. The molecule has 2 unspecified atom stereocenters. The summed E-state index contributed by atoms with van der Waals surface area (Å²) in [5, 5.41) is 0. The van der Waals surface area contributed by atoms with Gasteiger partial charge in [0.1, 0.15) is 5.92 Å². The van der Waals surface area contributed by atoms with Crippen molar-refractivity contribution in [1.82, 2.24) is 9.97 Å². The smallest absolute Gasteiger partial charge is 0.315 e. The lowest BCUT2D eigenvalue weighted by Gasteiger charge is -2.31. The highest BCUT2D eigenvalue weighted by molar-refractivity contribution is 6.05. The van der Waals surface area contributed by atoms with Crippen molar-refractivity contribution in [2.75, 3.05) is 6.61 Å². The standard InChI is InChI=1S/C20H23N3O3/c1-5-25-20(24)16-13(4)23-15-9-11-22-19(26-12(2)3)18(15)17(16)14-8-6-7-10-21-14/h6-12,16-17H,5H2,1-4H3. The Balaban J connectivity index is 2.21. The molecule has 1 aliphatic rings. The highest BCUT2D eigenvalue weighted by atomic mass is 16.5. The summed E-state index contributed by atoms with van der Waals surface area (Å²) in [5.74, 6) is -0.741. The van der Waals surface area contributed by atoms with Gasteiger partial charge in [-0.2, -0.15) is 0 Å². The largest absolute Gasteiger partial charge is 0.475 e. The highest BCUT2D eigenvalue weighted by Crippen LogP contribution is 2.46. The predicted octanol–water partition coefficient (Wildman–Crippen LogP) is 3.68. The Kier molecular flexibility index (Phi) is 5.30. The van der Waals surface area contributed by atoms with Crippen LogP contribution >= 0.6 is 0 Å². The molecule has 0 saturated heterocycles. The first-order valence-electron chi connectivity index (χ1n) is 8.81. The number of pyridine rings is 2. The van der Waals surface area contributed by atoms with E-state index in [0.29, 0.717) is 18.2 Å². The Hall–Kier alpha value is -2.76. The Morgan fingerprint density at radius 2 is 2.00 bits per heavy atom. The molecule has 2 aromatic heterocycles. The van der Waals surface area contributed by atoms with Gasteiger partial charge in [-0.25, -0.2) is 4.98 Å². The lowest BCUT2D eigenvalue weighted by atomic mass is 9.78. The molecule has 2 aromatic rings. The van der Waals surface area contributed by atoms with Crippen molar-refractivity contribution in [1.29, 1.82) is 0 Å². The number of fused-ring (bicyclic) bond motifs is 1. The molecule has 3 rings (SSSR count). The number of aromatic nitrogens is 2. The van der Waals surface area contributed by atoms with E-state index in [1.807, 2.05) is 45.0 Å². The van der Waals surface area contributed by atoms with Crippen LogP contribution in [0, 0.1) is 5.92 Å². The molecule has 3 heterocycles. The monoisotopic (exact) mass is 353 g/mol. The summed E-state index contributed by atoms with van der Waals surface area (Å²) in [6.07, 6.45) is 3.34. The predicted molar refractivity (Wildman–Crippen MR) is 99.0 cm³/mol. The van der Waals surface area contributed by atoms with Crippen LogP contribution in [0.4, 0.5) is 5.69 Å². The first-order valence-corrected chi connectivity index (χ1v) is 8.81. The van der Waals surface area contributed by atoms with Gasteiger partial charge in [-0.15, -0.1) is 0 Å². The van der Waals surface area contributed by atoms with Crippen molar-refractivity contribution >= 4 is 17.4 Å². The van der Waals surface area contributed by atoms with Crippen LogP contribution in [0.2, 0.25) is 0 Å². The number of aliphatic imine (C=N–C) groups is 1. The Morgan fingerprint density at radius 3 is 2.65 bits per heavy atom. The maximum Gasteiger partial charge on any atom is 0.315 e. The van der Waals surface area contributed by atoms with Gasteiger partial charge >= 0.3 is 5.97 Å². The van der Waals surface area contributed by atoms with Gasteiger partial charge in [0, 0.05) is 23.8 Å². The average Bonchev–Trinajstić information content (AvgIpc) is 2.61. The SMILES string of the molecule is CCOC(=O)C1C(C)=Nc2ccnc(OC(C)C)c2C1c1ccccn1. The van der Waals surface area contributed by atoms with Crippen molar-refractivity contribution in [3.63, 3.8) is 0 Å². The van der Waals surface area contributed by atoms with Gasteiger partial charge in [-0.1, -0.05) is 6.07 Å². The van der Waals surface area contributed by atoms with Gasteiger partial charge in [0.2, 0.25) is 5.88 Å². The van der Waals surface area contributed by atoms with E-state index in [-0.39, 0.29) is 18.0 Å². The van der Waals surface area contributed by atoms with Gasteiger partial charge in [-0.3, -0.25) is 14.8 Å². The lowest BCUT2D eigenvalue weighted by Crippen LogP contribution is -2.34. The van der Waals surface area contributed by atoms with Crippen LogP contribution < -0.4 is 4.74 Å². The van der Waals surface area contributed by atoms with E-state index in [9.17, 15) is 4.79 Å². The molecule has 6 heteroatoms. The molecule has 0 N–H and O–H groups in total. The summed E-state index contributed by atoms with van der Waals surface area (Å²) in [6.45, 7) is 7.84. The molecule has 0 radical (unpaired) electrons. The number of carbonyl (C=O) groups excluding carboxylic acids is 1. The molecular weight excluding hydrogens is 330 g/mol. The fourth-order valence-corrected chi connectivity index (χ4v) is 3.24. The summed E-state index contributed by atoms with van der Waals surface area (Å²) in [7, 11) is 0. The van der Waals surface area contributed by atoms with E-state index in [1.165, 1.54) is 0 Å².